The van der Waals surface area contributed by atoms with Gasteiger partial charge in [0, 0.05) is 22.5 Å². The average molecular weight is 328 g/mol. The molecule has 0 spiro atoms. The van der Waals surface area contributed by atoms with Crippen LogP contribution in [0.15, 0.2) is 41.8 Å². The number of amides is 2. The number of carbonyl (C=O) groups is 2. The predicted molar refractivity (Wildman–Crippen MR) is 92.7 cm³/mol. The smallest absolute Gasteiger partial charge is 0.313 e. The summed E-state index contributed by atoms with van der Waals surface area (Å²) in [6.07, 6.45) is 3.07. The molecule has 120 valence electrons. The number of hydrogen-bond donors (Lipinski definition) is 2. The van der Waals surface area contributed by atoms with E-state index in [-0.39, 0.29) is 5.41 Å². The van der Waals surface area contributed by atoms with E-state index in [1.807, 2.05) is 35.7 Å². The third-order valence-electron chi connectivity index (χ3n) is 4.31. The minimum atomic E-state index is -0.615. The molecule has 0 bridgehead atoms. The van der Waals surface area contributed by atoms with Crippen LogP contribution >= 0.6 is 11.3 Å². The second-order valence-electron chi connectivity index (χ2n) is 5.94. The van der Waals surface area contributed by atoms with Crippen LogP contribution in [0, 0.1) is 0 Å². The molecule has 2 aromatic rings. The van der Waals surface area contributed by atoms with Gasteiger partial charge < -0.3 is 10.6 Å². The summed E-state index contributed by atoms with van der Waals surface area (Å²) in [5.74, 6) is -1.19. The van der Waals surface area contributed by atoms with Crippen molar-refractivity contribution in [3.8, 4) is 0 Å². The quantitative estimate of drug-likeness (QED) is 0.829. The highest BCUT2D eigenvalue weighted by atomic mass is 32.1. The number of aryl methyl sites for hydroxylation is 1. The second-order valence-corrected chi connectivity index (χ2v) is 6.89. The third kappa shape index (κ3) is 3.62. The Hall–Kier alpha value is -2.14. The zero-order chi connectivity index (χ0) is 16.3. The van der Waals surface area contributed by atoms with Crippen molar-refractivity contribution in [2.45, 2.75) is 31.6 Å². The van der Waals surface area contributed by atoms with E-state index >= 15 is 0 Å². The topological polar surface area (TPSA) is 58.2 Å². The number of hydrogen-bond acceptors (Lipinski definition) is 3. The van der Waals surface area contributed by atoms with E-state index in [1.165, 1.54) is 10.4 Å². The molecule has 1 aliphatic carbocycles. The van der Waals surface area contributed by atoms with Gasteiger partial charge in [0.1, 0.15) is 0 Å². The van der Waals surface area contributed by atoms with Crippen LogP contribution in [0.3, 0.4) is 0 Å². The minimum absolute atomic E-state index is 0.0485. The highest BCUT2D eigenvalue weighted by Crippen LogP contribution is 2.49. The molecule has 0 saturated heterocycles. The summed E-state index contributed by atoms with van der Waals surface area (Å²) in [4.78, 5) is 25.3. The molecule has 23 heavy (non-hydrogen) atoms. The maximum atomic E-state index is 12.0. The van der Waals surface area contributed by atoms with Crippen LogP contribution in [0.4, 0.5) is 5.69 Å². The van der Waals surface area contributed by atoms with E-state index in [1.54, 1.807) is 11.3 Å². The lowest BCUT2D eigenvalue weighted by Crippen LogP contribution is -2.39. The van der Waals surface area contributed by atoms with Gasteiger partial charge in [0.25, 0.3) is 0 Å². The van der Waals surface area contributed by atoms with Gasteiger partial charge in [0.2, 0.25) is 0 Å². The molecule has 5 heteroatoms. The number of thiophene rings is 1. The summed E-state index contributed by atoms with van der Waals surface area (Å²) < 4.78 is 0. The molecular formula is C18H20N2O2S. The first kappa shape index (κ1) is 15.7. The summed E-state index contributed by atoms with van der Waals surface area (Å²) >= 11 is 1.71. The van der Waals surface area contributed by atoms with Crippen LogP contribution < -0.4 is 10.6 Å². The number of benzene rings is 1. The maximum Gasteiger partial charge on any atom is 0.313 e. The van der Waals surface area contributed by atoms with Crippen LogP contribution in [0.5, 0.6) is 0 Å². The standard InChI is InChI=1S/C18H20N2O2S/c1-2-13-5-7-14(8-6-13)20-17(22)16(21)19-12-18(9-10-18)15-4-3-11-23-15/h3-8,11H,2,9-10,12H2,1H3,(H,19,21)(H,20,22). The van der Waals surface area contributed by atoms with Gasteiger partial charge in [-0.25, -0.2) is 0 Å². The lowest BCUT2D eigenvalue weighted by molar-refractivity contribution is -0.136. The van der Waals surface area contributed by atoms with Crippen molar-refractivity contribution in [1.82, 2.24) is 5.32 Å². The zero-order valence-corrected chi connectivity index (χ0v) is 13.9. The monoisotopic (exact) mass is 328 g/mol. The molecule has 0 radical (unpaired) electrons. The van der Waals surface area contributed by atoms with Crippen LogP contribution in [0.1, 0.15) is 30.2 Å². The van der Waals surface area contributed by atoms with Crippen molar-refractivity contribution in [3.63, 3.8) is 0 Å². The van der Waals surface area contributed by atoms with Crippen molar-refractivity contribution < 1.29 is 9.59 Å². The fourth-order valence-electron chi connectivity index (χ4n) is 2.58. The molecule has 2 amide bonds. The molecule has 4 nitrogen and oxygen atoms in total. The van der Waals surface area contributed by atoms with Crippen LogP contribution in [-0.4, -0.2) is 18.4 Å². The van der Waals surface area contributed by atoms with E-state index in [0.717, 1.165) is 19.3 Å². The fourth-order valence-corrected chi connectivity index (χ4v) is 3.57. The van der Waals surface area contributed by atoms with E-state index in [2.05, 4.69) is 23.6 Å². The molecule has 0 aliphatic heterocycles. The Balaban J connectivity index is 1.53. The van der Waals surface area contributed by atoms with Gasteiger partial charge in [-0.2, -0.15) is 0 Å². The zero-order valence-electron chi connectivity index (χ0n) is 13.1. The van der Waals surface area contributed by atoms with E-state index in [4.69, 9.17) is 0 Å². The van der Waals surface area contributed by atoms with Gasteiger partial charge in [-0.3, -0.25) is 9.59 Å². The summed E-state index contributed by atoms with van der Waals surface area (Å²) in [7, 11) is 0. The summed E-state index contributed by atoms with van der Waals surface area (Å²) in [5, 5.41) is 7.45. The molecule has 1 heterocycles. The van der Waals surface area contributed by atoms with Crippen LogP contribution in [0.2, 0.25) is 0 Å². The number of carbonyl (C=O) groups excluding carboxylic acids is 2. The van der Waals surface area contributed by atoms with Gasteiger partial charge >= 0.3 is 11.8 Å². The number of nitrogens with one attached hydrogen (secondary N) is 2. The Morgan fingerprint density at radius 2 is 1.87 bits per heavy atom. The van der Waals surface area contributed by atoms with Gasteiger partial charge in [0.15, 0.2) is 0 Å². The first-order chi connectivity index (χ1) is 11.1. The fraction of sp³-hybridized carbons (Fsp3) is 0.333. The van der Waals surface area contributed by atoms with Gasteiger partial charge in [0.05, 0.1) is 0 Å². The van der Waals surface area contributed by atoms with Crippen LogP contribution in [-0.2, 0) is 21.4 Å². The second kappa shape index (κ2) is 6.54. The Bertz CT molecular complexity index is 688. The molecule has 0 atom stereocenters. The van der Waals surface area contributed by atoms with Crippen molar-refractivity contribution in [1.29, 1.82) is 0 Å². The van der Waals surface area contributed by atoms with Gasteiger partial charge in [-0.1, -0.05) is 25.1 Å². The van der Waals surface area contributed by atoms with Gasteiger partial charge in [-0.15, -0.1) is 11.3 Å². The van der Waals surface area contributed by atoms with Crippen molar-refractivity contribution in [2.75, 3.05) is 11.9 Å². The number of anilines is 1. The Kier molecular flexibility index (Phi) is 4.48. The minimum Gasteiger partial charge on any atom is -0.347 e. The van der Waals surface area contributed by atoms with E-state index in [9.17, 15) is 9.59 Å². The van der Waals surface area contributed by atoms with Crippen molar-refractivity contribution >= 4 is 28.8 Å². The van der Waals surface area contributed by atoms with Crippen molar-refractivity contribution in [2.24, 2.45) is 0 Å². The normalized spacial score (nSPS) is 15.0. The highest BCUT2D eigenvalue weighted by molar-refractivity contribution is 7.10. The molecule has 3 rings (SSSR count). The Labute approximate surface area is 139 Å². The van der Waals surface area contributed by atoms with Crippen LogP contribution in [0.25, 0.3) is 0 Å². The molecular weight excluding hydrogens is 308 g/mol. The van der Waals surface area contributed by atoms with Gasteiger partial charge in [-0.05, 0) is 48.4 Å². The molecule has 1 aliphatic rings. The number of rotatable bonds is 5. The molecule has 1 aromatic carbocycles. The first-order valence-corrected chi connectivity index (χ1v) is 8.73. The Morgan fingerprint density at radius 1 is 1.13 bits per heavy atom. The molecule has 1 saturated carbocycles. The average Bonchev–Trinajstić information content (AvgIpc) is 3.16. The lowest BCUT2D eigenvalue weighted by Gasteiger charge is -2.14. The summed E-state index contributed by atoms with van der Waals surface area (Å²) in [6, 6.07) is 11.6. The first-order valence-electron chi connectivity index (χ1n) is 7.85. The summed E-state index contributed by atoms with van der Waals surface area (Å²) in [6.45, 7) is 2.59. The maximum absolute atomic E-state index is 12.0. The van der Waals surface area contributed by atoms with E-state index < -0.39 is 11.8 Å². The van der Waals surface area contributed by atoms with E-state index in [0.29, 0.717) is 12.2 Å². The third-order valence-corrected chi connectivity index (χ3v) is 5.43. The lowest BCUT2D eigenvalue weighted by atomic mass is 10.1. The molecule has 1 aromatic heterocycles. The Morgan fingerprint density at radius 3 is 2.43 bits per heavy atom. The highest BCUT2D eigenvalue weighted by Gasteiger charge is 2.45. The largest absolute Gasteiger partial charge is 0.347 e. The summed E-state index contributed by atoms with van der Waals surface area (Å²) in [5.41, 5.74) is 1.88. The molecule has 1 fully saturated rings. The predicted octanol–water partition coefficient (Wildman–Crippen LogP) is 3.10. The van der Waals surface area contributed by atoms with Crippen molar-refractivity contribution in [3.05, 3.63) is 52.2 Å². The SMILES string of the molecule is CCc1ccc(NC(=O)C(=O)NCC2(c3cccs3)CC2)cc1. The molecule has 2 N–H and O–H groups in total. The molecule has 0 unspecified atom stereocenters.